The number of thiophene rings is 1. The lowest BCUT2D eigenvalue weighted by Gasteiger charge is -2.33. The fourth-order valence-electron chi connectivity index (χ4n) is 3.02. The summed E-state index contributed by atoms with van der Waals surface area (Å²) in [5.41, 5.74) is -0.678. The summed E-state index contributed by atoms with van der Waals surface area (Å²) in [6.45, 7) is 4.96. The molecular weight excluding hydrogens is 397 g/mol. The number of likely N-dealkylation sites (N-methyl/N-ethyl adjacent to an activating group) is 1. The number of piperazine rings is 1. The van der Waals surface area contributed by atoms with E-state index in [1.54, 1.807) is 0 Å². The SMILES string of the molecule is CN1CCN(CCC(Oc2ccc(C(F)(F)F)cc2)c2ccc(Cl)s2)CC1. The van der Waals surface area contributed by atoms with E-state index in [1.165, 1.54) is 23.5 Å². The van der Waals surface area contributed by atoms with E-state index in [0.717, 1.165) is 56.2 Å². The highest BCUT2D eigenvalue weighted by Crippen LogP contribution is 2.34. The molecule has 0 N–H and O–H groups in total. The summed E-state index contributed by atoms with van der Waals surface area (Å²) in [5.74, 6) is 0.427. The second kappa shape index (κ2) is 8.82. The van der Waals surface area contributed by atoms with Gasteiger partial charge in [0, 0.05) is 44.0 Å². The number of halogens is 4. The van der Waals surface area contributed by atoms with Crippen molar-refractivity contribution in [3.8, 4) is 5.75 Å². The van der Waals surface area contributed by atoms with Gasteiger partial charge in [-0.15, -0.1) is 11.3 Å². The first kappa shape index (κ1) is 20.5. The molecule has 2 aromatic rings. The van der Waals surface area contributed by atoms with Crippen LogP contribution in [0.1, 0.15) is 23.0 Å². The molecule has 0 aliphatic carbocycles. The zero-order chi connectivity index (χ0) is 19.4. The molecule has 0 radical (unpaired) electrons. The van der Waals surface area contributed by atoms with Crippen molar-refractivity contribution in [1.29, 1.82) is 0 Å². The summed E-state index contributed by atoms with van der Waals surface area (Å²) in [4.78, 5) is 5.67. The Balaban J connectivity index is 1.67. The Labute approximate surface area is 166 Å². The van der Waals surface area contributed by atoms with E-state index in [-0.39, 0.29) is 6.10 Å². The van der Waals surface area contributed by atoms with Gasteiger partial charge in [0.25, 0.3) is 0 Å². The van der Waals surface area contributed by atoms with Gasteiger partial charge in [-0.2, -0.15) is 13.2 Å². The van der Waals surface area contributed by atoms with Gasteiger partial charge in [0.2, 0.25) is 0 Å². The number of benzene rings is 1. The van der Waals surface area contributed by atoms with E-state index < -0.39 is 11.7 Å². The first-order valence-electron chi connectivity index (χ1n) is 8.81. The molecule has 2 heterocycles. The Bertz CT molecular complexity index is 727. The van der Waals surface area contributed by atoms with Crippen LogP contribution in [0.5, 0.6) is 5.75 Å². The van der Waals surface area contributed by atoms with Crippen molar-refractivity contribution in [3.05, 3.63) is 51.2 Å². The lowest BCUT2D eigenvalue weighted by atomic mass is 10.1. The molecule has 1 aliphatic heterocycles. The summed E-state index contributed by atoms with van der Waals surface area (Å²) >= 11 is 7.51. The quantitative estimate of drug-likeness (QED) is 0.643. The molecule has 3 nitrogen and oxygen atoms in total. The number of hydrogen-bond acceptors (Lipinski definition) is 4. The van der Waals surface area contributed by atoms with E-state index in [9.17, 15) is 13.2 Å². The van der Waals surface area contributed by atoms with Gasteiger partial charge in [-0.1, -0.05) is 11.6 Å². The topological polar surface area (TPSA) is 15.7 Å². The van der Waals surface area contributed by atoms with E-state index in [1.807, 2.05) is 12.1 Å². The van der Waals surface area contributed by atoms with Crippen LogP contribution in [0.3, 0.4) is 0 Å². The molecule has 1 aromatic carbocycles. The fraction of sp³-hybridized carbons (Fsp3) is 0.474. The molecule has 0 saturated carbocycles. The van der Waals surface area contributed by atoms with Crippen LogP contribution >= 0.6 is 22.9 Å². The minimum absolute atomic E-state index is 0.237. The maximum atomic E-state index is 12.7. The molecule has 1 saturated heterocycles. The van der Waals surface area contributed by atoms with E-state index in [2.05, 4.69) is 16.8 Å². The molecule has 1 atom stereocenters. The largest absolute Gasteiger partial charge is 0.485 e. The molecule has 1 unspecified atom stereocenters. The van der Waals surface area contributed by atoms with Crippen LogP contribution in [0.4, 0.5) is 13.2 Å². The average molecular weight is 419 g/mol. The molecule has 8 heteroatoms. The number of rotatable bonds is 6. The van der Waals surface area contributed by atoms with Gasteiger partial charge < -0.3 is 14.5 Å². The van der Waals surface area contributed by atoms with Crippen LogP contribution in [-0.4, -0.2) is 49.6 Å². The lowest BCUT2D eigenvalue weighted by molar-refractivity contribution is -0.137. The zero-order valence-electron chi connectivity index (χ0n) is 15.0. The summed E-state index contributed by atoms with van der Waals surface area (Å²) in [6.07, 6.45) is -3.83. The lowest BCUT2D eigenvalue weighted by Crippen LogP contribution is -2.45. The minimum Gasteiger partial charge on any atom is -0.485 e. The molecule has 0 bridgehead atoms. The summed E-state index contributed by atoms with van der Waals surface area (Å²) in [5, 5.41) is 0. The molecule has 3 rings (SSSR count). The highest BCUT2D eigenvalue weighted by molar-refractivity contribution is 7.16. The molecule has 27 heavy (non-hydrogen) atoms. The van der Waals surface area contributed by atoms with Crippen molar-refractivity contribution in [2.45, 2.75) is 18.7 Å². The van der Waals surface area contributed by atoms with Gasteiger partial charge in [0.15, 0.2) is 0 Å². The van der Waals surface area contributed by atoms with Crippen molar-refractivity contribution in [1.82, 2.24) is 9.80 Å². The smallest absolute Gasteiger partial charge is 0.416 e. The standard InChI is InChI=1S/C19H22ClF3N2OS/c1-24-10-12-25(13-11-24)9-8-16(17-6-7-18(20)27-17)26-15-4-2-14(3-5-15)19(21,22)23/h2-7,16H,8-13H2,1H3. The highest BCUT2D eigenvalue weighted by atomic mass is 35.5. The third-order valence-electron chi connectivity index (χ3n) is 4.67. The Morgan fingerprint density at radius 2 is 1.74 bits per heavy atom. The third-order valence-corrected chi connectivity index (χ3v) is 6.00. The first-order valence-corrected chi connectivity index (χ1v) is 10.0. The Kier molecular flexibility index (Phi) is 6.68. The molecule has 1 aliphatic rings. The van der Waals surface area contributed by atoms with Gasteiger partial charge >= 0.3 is 6.18 Å². The number of alkyl halides is 3. The van der Waals surface area contributed by atoms with Crippen molar-refractivity contribution < 1.29 is 17.9 Å². The van der Waals surface area contributed by atoms with Crippen LogP contribution in [0.2, 0.25) is 4.34 Å². The molecule has 0 spiro atoms. The van der Waals surface area contributed by atoms with Crippen LogP contribution in [0.25, 0.3) is 0 Å². The summed E-state index contributed by atoms with van der Waals surface area (Å²) < 4.78 is 44.9. The maximum Gasteiger partial charge on any atom is 0.416 e. The molecule has 0 amide bonds. The second-order valence-corrected chi connectivity index (χ2v) is 8.45. The van der Waals surface area contributed by atoms with Crippen LogP contribution < -0.4 is 4.74 Å². The predicted molar refractivity (Wildman–Crippen MR) is 103 cm³/mol. The Hall–Kier alpha value is -1.28. The van der Waals surface area contributed by atoms with Crippen molar-refractivity contribution in [3.63, 3.8) is 0 Å². The van der Waals surface area contributed by atoms with Gasteiger partial charge in [-0.25, -0.2) is 0 Å². The Morgan fingerprint density at radius 3 is 2.30 bits per heavy atom. The van der Waals surface area contributed by atoms with Crippen molar-refractivity contribution >= 4 is 22.9 Å². The third kappa shape index (κ3) is 5.85. The number of hydrogen-bond donors (Lipinski definition) is 0. The molecule has 1 fully saturated rings. The predicted octanol–water partition coefficient (Wildman–Crippen LogP) is 5.18. The fourth-order valence-corrected chi connectivity index (χ4v) is 4.14. The van der Waals surface area contributed by atoms with Crippen molar-refractivity contribution in [2.24, 2.45) is 0 Å². The average Bonchev–Trinajstić information content (AvgIpc) is 3.06. The van der Waals surface area contributed by atoms with Crippen LogP contribution in [0.15, 0.2) is 36.4 Å². The van der Waals surface area contributed by atoms with Gasteiger partial charge in [0.05, 0.1) is 9.90 Å². The normalized spacial score (nSPS) is 17.8. The van der Waals surface area contributed by atoms with E-state index in [0.29, 0.717) is 10.1 Å². The van der Waals surface area contributed by atoms with E-state index >= 15 is 0 Å². The number of ether oxygens (including phenoxy) is 1. The maximum absolute atomic E-state index is 12.7. The van der Waals surface area contributed by atoms with E-state index in [4.69, 9.17) is 16.3 Å². The first-order chi connectivity index (χ1) is 12.8. The zero-order valence-corrected chi connectivity index (χ0v) is 16.6. The number of nitrogens with zero attached hydrogens (tertiary/aromatic N) is 2. The summed E-state index contributed by atoms with van der Waals surface area (Å²) in [7, 11) is 2.11. The van der Waals surface area contributed by atoms with Crippen LogP contribution in [0, 0.1) is 0 Å². The Morgan fingerprint density at radius 1 is 1.07 bits per heavy atom. The molecule has 148 valence electrons. The second-order valence-electron chi connectivity index (χ2n) is 6.70. The van der Waals surface area contributed by atoms with Gasteiger partial charge in [-0.05, 0) is 43.4 Å². The minimum atomic E-state index is -4.35. The molecule has 1 aromatic heterocycles. The van der Waals surface area contributed by atoms with Gasteiger partial charge in [0.1, 0.15) is 11.9 Å². The molecular formula is C19H22ClF3N2OS. The monoisotopic (exact) mass is 418 g/mol. The van der Waals surface area contributed by atoms with Gasteiger partial charge in [-0.3, -0.25) is 0 Å². The van der Waals surface area contributed by atoms with Crippen molar-refractivity contribution in [2.75, 3.05) is 39.8 Å². The van der Waals surface area contributed by atoms with Crippen LogP contribution in [-0.2, 0) is 6.18 Å². The summed E-state index contributed by atoms with van der Waals surface area (Å²) in [6, 6.07) is 8.59. The highest BCUT2D eigenvalue weighted by Gasteiger charge is 2.30.